The van der Waals surface area contributed by atoms with Crippen molar-refractivity contribution in [2.24, 2.45) is 0 Å². The SMILES string of the molecule is O=S1(=O)C=Cc2ccc(F)cc21. The highest BCUT2D eigenvalue weighted by Gasteiger charge is 2.20. The summed E-state index contributed by atoms with van der Waals surface area (Å²) in [5.41, 5.74) is 0.552. The van der Waals surface area contributed by atoms with Gasteiger partial charge in [0.05, 0.1) is 4.90 Å². The van der Waals surface area contributed by atoms with Crippen molar-refractivity contribution >= 4 is 15.9 Å². The highest BCUT2D eigenvalue weighted by atomic mass is 32.2. The molecule has 0 N–H and O–H groups in total. The first-order valence-electron chi connectivity index (χ1n) is 3.32. The maximum Gasteiger partial charge on any atom is 0.200 e. The van der Waals surface area contributed by atoms with E-state index in [1.807, 2.05) is 0 Å². The Labute approximate surface area is 69.3 Å². The van der Waals surface area contributed by atoms with E-state index in [2.05, 4.69) is 0 Å². The Morgan fingerprint density at radius 2 is 2.00 bits per heavy atom. The number of fused-ring (bicyclic) bond motifs is 1. The van der Waals surface area contributed by atoms with Crippen LogP contribution in [-0.2, 0) is 9.84 Å². The van der Waals surface area contributed by atoms with Gasteiger partial charge in [-0.3, -0.25) is 0 Å². The van der Waals surface area contributed by atoms with E-state index < -0.39 is 15.7 Å². The van der Waals surface area contributed by atoms with Gasteiger partial charge in [0, 0.05) is 5.41 Å². The lowest BCUT2D eigenvalue weighted by molar-refractivity contribution is 0.599. The van der Waals surface area contributed by atoms with E-state index >= 15 is 0 Å². The van der Waals surface area contributed by atoms with Crippen molar-refractivity contribution in [1.82, 2.24) is 0 Å². The van der Waals surface area contributed by atoms with Gasteiger partial charge in [0.2, 0.25) is 9.84 Å². The molecule has 0 saturated carbocycles. The van der Waals surface area contributed by atoms with Gasteiger partial charge < -0.3 is 0 Å². The average Bonchev–Trinajstić information content (AvgIpc) is 2.28. The third-order valence-electron chi connectivity index (χ3n) is 1.71. The van der Waals surface area contributed by atoms with Gasteiger partial charge in [-0.1, -0.05) is 6.07 Å². The zero-order valence-corrected chi connectivity index (χ0v) is 6.81. The third kappa shape index (κ3) is 0.956. The summed E-state index contributed by atoms with van der Waals surface area (Å²) in [5.74, 6) is -0.527. The number of rotatable bonds is 0. The quantitative estimate of drug-likeness (QED) is 0.613. The molecule has 0 bridgehead atoms. The number of hydrogen-bond donors (Lipinski definition) is 0. The summed E-state index contributed by atoms with van der Waals surface area (Å²) in [7, 11) is -3.35. The maximum atomic E-state index is 12.6. The molecule has 0 radical (unpaired) electrons. The molecule has 0 spiro atoms. The molecule has 1 aliphatic heterocycles. The normalized spacial score (nSPS) is 17.8. The summed E-state index contributed by atoms with van der Waals surface area (Å²) in [6.45, 7) is 0. The monoisotopic (exact) mass is 184 g/mol. The van der Waals surface area contributed by atoms with Gasteiger partial charge in [-0.05, 0) is 23.8 Å². The lowest BCUT2D eigenvalue weighted by Crippen LogP contribution is -1.93. The Hall–Kier alpha value is -1.16. The zero-order chi connectivity index (χ0) is 8.77. The second-order valence-electron chi connectivity index (χ2n) is 2.53. The molecule has 62 valence electrons. The van der Waals surface area contributed by atoms with Crippen LogP contribution >= 0.6 is 0 Å². The van der Waals surface area contributed by atoms with Crippen LogP contribution in [0.15, 0.2) is 28.5 Å². The molecule has 1 aromatic rings. The fourth-order valence-corrected chi connectivity index (χ4v) is 2.34. The van der Waals surface area contributed by atoms with Gasteiger partial charge >= 0.3 is 0 Å². The second-order valence-corrected chi connectivity index (χ2v) is 4.33. The molecule has 2 rings (SSSR count). The van der Waals surface area contributed by atoms with Gasteiger partial charge in [-0.2, -0.15) is 0 Å². The Morgan fingerprint density at radius 3 is 2.75 bits per heavy atom. The highest BCUT2D eigenvalue weighted by Crippen LogP contribution is 2.26. The van der Waals surface area contributed by atoms with Crippen molar-refractivity contribution in [3.8, 4) is 0 Å². The first kappa shape index (κ1) is 7.49. The molecule has 4 heteroatoms. The smallest absolute Gasteiger partial charge is 0.200 e. The molecule has 0 unspecified atom stereocenters. The zero-order valence-electron chi connectivity index (χ0n) is 5.99. The van der Waals surface area contributed by atoms with Crippen LogP contribution in [0.2, 0.25) is 0 Å². The fraction of sp³-hybridized carbons (Fsp3) is 0. The molecule has 1 aromatic carbocycles. The highest BCUT2D eigenvalue weighted by molar-refractivity contribution is 7.94. The van der Waals surface area contributed by atoms with Crippen LogP contribution < -0.4 is 0 Å². The molecule has 12 heavy (non-hydrogen) atoms. The molecule has 2 nitrogen and oxygen atoms in total. The van der Waals surface area contributed by atoms with Gasteiger partial charge in [0.15, 0.2) is 0 Å². The third-order valence-corrected chi connectivity index (χ3v) is 3.17. The van der Waals surface area contributed by atoms with Crippen LogP contribution in [0.4, 0.5) is 4.39 Å². The van der Waals surface area contributed by atoms with Gasteiger partial charge in [-0.15, -0.1) is 0 Å². The maximum absolute atomic E-state index is 12.6. The van der Waals surface area contributed by atoms with Crippen LogP contribution in [0.25, 0.3) is 6.08 Å². The van der Waals surface area contributed by atoms with E-state index in [1.54, 1.807) is 0 Å². The van der Waals surface area contributed by atoms with Gasteiger partial charge in [0.1, 0.15) is 5.82 Å². The van der Waals surface area contributed by atoms with Gasteiger partial charge in [0.25, 0.3) is 0 Å². The van der Waals surface area contributed by atoms with Crippen LogP contribution in [0.1, 0.15) is 5.56 Å². The lowest BCUT2D eigenvalue weighted by atomic mass is 10.2. The van der Waals surface area contributed by atoms with Gasteiger partial charge in [-0.25, -0.2) is 12.8 Å². The Balaban J connectivity index is 2.80. The summed E-state index contributed by atoms with van der Waals surface area (Å²) in [5, 5.41) is 1.08. The average molecular weight is 184 g/mol. The predicted octanol–water partition coefficient (Wildman–Crippen LogP) is 1.58. The van der Waals surface area contributed by atoms with Crippen LogP contribution in [0.5, 0.6) is 0 Å². The number of benzene rings is 1. The second kappa shape index (κ2) is 2.17. The lowest BCUT2D eigenvalue weighted by Gasteiger charge is -1.96. The molecule has 0 saturated heterocycles. The van der Waals surface area contributed by atoms with E-state index in [-0.39, 0.29) is 4.90 Å². The van der Waals surface area contributed by atoms with Crippen molar-refractivity contribution in [2.45, 2.75) is 4.90 Å². The molecule has 1 aliphatic rings. The minimum atomic E-state index is -3.35. The van der Waals surface area contributed by atoms with Crippen LogP contribution in [0, 0.1) is 5.82 Å². The standard InChI is InChI=1S/C8H5FO2S/c9-7-2-1-6-3-4-12(10,11)8(6)5-7/h1-5H. The minimum Gasteiger partial charge on any atom is -0.219 e. The van der Waals surface area contributed by atoms with E-state index in [0.29, 0.717) is 5.56 Å². The van der Waals surface area contributed by atoms with E-state index in [1.165, 1.54) is 18.2 Å². The summed E-state index contributed by atoms with van der Waals surface area (Å²) >= 11 is 0. The Bertz CT molecular complexity index is 460. The molecule has 0 aliphatic carbocycles. The number of sulfone groups is 1. The van der Waals surface area contributed by atoms with E-state index in [0.717, 1.165) is 11.5 Å². The molecule has 0 atom stereocenters. The number of halogens is 1. The molecule has 0 fully saturated rings. The molecule has 0 aromatic heterocycles. The fourth-order valence-electron chi connectivity index (χ4n) is 1.13. The topological polar surface area (TPSA) is 34.1 Å². The molecular formula is C8H5FO2S. The van der Waals surface area contributed by atoms with Crippen molar-refractivity contribution in [3.63, 3.8) is 0 Å². The van der Waals surface area contributed by atoms with Crippen molar-refractivity contribution < 1.29 is 12.8 Å². The Morgan fingerprint density at radius 1 is 1.25 bits per heavy atom. The van der Waals surface area contributed by atoms with Crippen molar-refractivity contribution in [1.29, 1.82) is 0 Å². The molecule has 0 amide bonds. The van der Waals surface area contributed by atoms with Crippen molar-refractivity contribution in [2.75, 3.05) is 0 Å². The Kier molecular flexibility index (Phi) is 1.35. The predicted molar refractivity (Wildman–Crippen MR) is 42.6 cm³/mol. The van der Waals surface area contributed by atoms with Crippen molar-refractivity contribution in [3.05, 3.63) is 35.0 Å². The van der Waals surface area contributed by atoms with E-state index in [9.17, 15) is 12.8 Å². The van der Waals surface area contributed by atoms with Crippen LogP contribution in [0.3, 0.4) is 0 Å². The first-order valence-corrected chi connectivity index (χ1v) is 4.87. The molecular weight excluding hydrogens is 179 g/mol. The van der Waals surface area contributed by atoms with Crippen LogP contribution in [-0.4, -0.2) is 8.42 Å². The van der Waals surface area contributed by atoms with E-state index in [4.69, 9.17) is 0 Å². The first-order chi connectivity index (χ1) is 5.59. The summed E-state index contributed by atoms with van der Waals surface area (Å²) in [6.07, 6.45) is 1.46. The summed E-state index contributed by atoms with van der Waals surface area (Å²) < 4.78 is 34.9. The molecule has 1 heterocycles. The summed E-state index contributed by atoms with van der Waals surface area (Å²) in [6, 6.07) is 3.72. The largest absolute Gasteiger partial charge is 0.219 e. The summed E-state index contributed by atoms with van der Waals surface area (Å²) in [4.78, 5) is 0.0579. The number of hydrogen-bond acceptors (Lipinski definition) is 2. The minimum absolute atomic E-state index is 0.0579.